The number of rotatable bonds is 7. The van der Waals surface area contributed by atoms with Crippen LogP contribution in [0.3, 0.4) is 0 Å². The molecule has 0 aromatic heterocycles. The summed E-state index contributed by atoms with van der Waals surface area (Å²) >= 11 is 0. The lowest BCUT2D eigenvalue weighted by molar-refractivity contribution is -0.123. The third-order valence-corrected chi connectivity index (χ3v) is 4.13. The highest BCUT2D eigenvalue weighted by Gasteiger charge is 2.18. The van der Waals surface area contributed by atoms with Gasteiger partial charge in [-0.25, -0.2) is 0 Å². The Hall–Kier alpha value is -0.610. The zero-order chi connectivity index (χ0) is 14.3. The Morgan fingerprint density at radius 1 is 1.37 bits per heavy atom. The Morgan fingerprint density at radius 3 is 2.74 bits per heavy atom. The molecule has 1 fully saturated rings. The van der Waals surface area contributed by atoms with Gasteiger partial charge < -0.3 is 16.0 Å². The van der Waals surface area contributed by atoms with Crippen molar-refractivity contribution in [1.82, 2.24) is 10.2 Å². The van der Waals surface area contributed by atoms with Gasteiger partial charge in [0.1, 0.15) is 0 Å². The predicted molar refractivity (Wildman–Crippen MR) is 79.9 cm³/mol. The molecule has 0 aromatic rings. The van der Waals surface area contributed by atoms with Crippen molar-refractivity contribution in [3.05, 3.63) is 0 Å². The Bertz CT molecular complexity index is 268. The van der Waals surface area contributed by atoms with Crippen LogP contribution in [0.1, 0.15) is 52.9 Å². The number of hydrogen-bond donors (Lipinski definition) is 2. The van der Waals surface area contributed by atoms with Crippen molar-refractivity contribution in [3.63, 3.8) is 0 Å². The fourth-order valence-electron chi connectivity index (χ4n) is 2.56. The minimum Gasteiger partial charge on any atom is -0.355 e. The van der Waals surface area contributed by atoms with Crippen molar-refractivity contribution >= 4 is 5.91 Å². The largest absolute Gasteiger partial charge is 0.355 e. The van der Waals surface area contributed by atoms with Crippen LogP contribution in [-0.4, -0.2) is 42.5 Å². The standard InChI is InChI=1S/C15H31N3O/c1-12(2)14(16)15(19)17-9-5-7-11-18-10-6-4-8-13(18)3/h12-14H,4-11,16H2,1-3H3,(H,17,19)/t13?,14-/m0/s1. The lowest BCUT2D eigenvalue weighted by atomic mass is 10.0. The van der Waals surface area contributed by atoms with Gasteiger partial charge in [0.15, 0.2) is 0 Å². The lowest BCUT2D eigenvalue weighted by Crippen LogP contribution is -2.44. The molecule has 1 amide bonds. The summed E-state index contributed by atoms with van der Waals surface area (Å²) in [7, 11) is 0. The number of amides is 1. The van der Waals surface area contributed by atoms with Gasteiger partial charge in [-0.3, -0.25) is 4.79 Å². The lowest BCUT2D eigenvalue weighted by Gasteiger charge is -2.33. The predicted octanol–water partition coefficient (Wildman–Crippen LogP) is 1.74. The number of nitrogens with zero attached hydrogens (tertiary/aromatic N) is 1. The summed E-state index contributed by atoms with van der Waals surface area (Å²) in [6, 6.07) is 0.361. The first-order valence-electron chi connectivity index (χ1n) is 7.79. The SMILES string of the molecule is CC(C)[C@H](N)C(=O)NCCCCN1CCCCC1C. The number of carbonyl (C=O) groups excluding carboxylic acids is 1. The van der Waals surface area contributed by atoms with E-state index in [1.165, 1.54) is 25.8 Å². The molecule has 4 heteroatoms. The van der Waals surface area contributed by atoms with Gasteiger partial charge in [0.05, 0.1) is 6.04 Å². The summed E-state index contributed by atoms with van der Waals surface area (Å²) in [6.07, 6.45) is 6.24. The van der Waals surface area contributed by atoms with Crippen LogP contribution in [0.5, 0.6) is 0 Å². The summed E-state index contributed by atoms with van der Waals surface area (Å²) in [5, 5.41) is 2.93. The molecule has 1 heterocycles. The van der Waals surface area contributed by atoms with Crippen LogP contribution in [0.25, 0.3) is 0 Å². The van der Waals surface area contributed by atoms with E-state index >= 15 is 0 Å². The number of unbranched alkanes of at least 4 members (excludes halogenated alkanes) is 1. The van der Waals surface area contributed by atoms with Gasteiger partial charge in [-0.05, 0) is 51.6 Å². The van der Waals surface area contributed by atoms with E-state index < -0.39 is 0 Å². The Kier molecular flexibility index (Phi) is 7.39. The molecule has 1 rings (SSSR count). The molecule has 0 saturated carbocycles. The zero-order valence-corrected chi connectivity index (χ0v) is 12.8. The molecule has 0 aliphatic carbocycles. The molecule has 3 N–H and O–H groups in total. The minimum atomic E-state index is -0.373. The van der Waals surface area contributed by atoms with Gasteiger partial charge in [0.2, 0.25) is 5.91 Å². The van der Waals surface area contributed by atoms with Gasteiger partial charge in [0, 0.05) is 12.6 Å². The fraction of sp³-hybridized carbons (Fsp3) is 0.933. The quantitative estimate of drug-likeness (QED) is 0.692. The highest BCUT2D eigenvalue weighted by molar-refractivity contribution is 5.81. The van der Waals surface area contributed by atoms with Crippen molar-refractivity contribution in [2.45, 2.75) is 65.0 Å². The molecule has 2 atom stereocenters. The second kappa shape index (κ2) is 8.54. The smallest absolute Gasteiger partial charge is 0.237 e. The second-order valence-corrected chi connectivity index (χ2v) is 6.15. The van der Waals surface area contributed by atoms with E-state index in [1.807, 2.05) is 13.8 Å². The number of likely N-dealkylation sites (tertiary alicyclic amines) is 1. The molecule has 1 saturated heterocycles. The Labute approximate surface area is 118 Å². The molecule has 1 aliphatic rings. The Balaban J connectivity index is 2.06. The average molecular weight is 269 g/mol. The first kappa shape index (κ1) is 16.4. The highest BCUT2D eigenvalue weighted by atomic mass is 16.2. The van der Waals surface area contributed by atoms with E-state index in [9.17, 15) is 4.79 Å². The molecule has 0 aromatic carbocycles. The van der Waals surface area contributed by atoms with Gasteiger partial charge >= 0.3 is 0 Å². The van der Waals surface area contributed by atoms with Crippen LogP contribution >= 0.6 is 0 Å². The van der Waals surface area contributed by atoms with Crippen molar-refractivity contribution in [2.24, 2.45) is 11.7 Å². The molecule has 0 spiro atoms. The second-order valence-electron chi connectivity index (χ2n) is 6.15. The van der Waals surface area contributed by atoms with Crippen LogP contribution in [0.2, 0.25) is 0 Å². The van der Waals surface area contributed by atoms with Crippen LogP contribution in [0, 0.1) is 5.92 Å². The molecule has 1 unspecified atom stereocenters. The number of nitrogens with two attached hydrogens (primary N) is 1. The zero-order valence-electron chi connectivity index (χ0n) is 12.8. The molecule has 0 bridgehead atoms. The maximum atomic E-state index is 11.7. The van der Waals surface area contributed by atoms with Crippen molar-refractivity contribution in [3.8, 4) is 0 Å². The van der Waals surface area contributed by atoms with Gasteiger partial charge in [-0.1, -0.05) is 20.3 Å². The summed E-state index contributed by atoms with van der Waals surface area (Å²) < 4.78 is 0. The number of carbonyl (C=O) groups is 1. The van der Waals surface area contributed by atoms with E-state index in [2.05, 4.69) is 17.1 Å². The van der Waals surface area contributed by atoms with E-state index in [1.54, 1.807) is 0 Å². The molecular weight excluding hydrogens is 238 g/mol. The van der Waals surface area contributed by atoms with Gasteiger partial charge in [0.25, 0.3) is 0 Å². The summed E-state index contributed by atoms with van der Waals surface area (Å²) in [5.74, 6) is 0.190. The summed E-state index contributed by atoms with van der Waals surface area (Å²) in [6.45, 7) is 9.42. The topological polar surface area (TPSA) is 58.4 Å². The maximum absolute atomic E-state index is 11.7. The van der Waals surface area contributed by atoms with Gasteiger partial charge in [-0.15, -0.1) is 0 Å². The van der Waals surface area contributed by atoms with E-state index in [4.69, 9.17) is 5.73 Å². The molecule has 1 aliphatic heterocycles. The Morgan fingerprint density at radius 2 is 2.11 bits per heavy atom. The van der Waals surface area contributed by atoms with E-state index in [0.717, 1.165) is 32.0 Å². The van der Waals surface area contributed by atoms with E-state index in [0.29, 0.717) is 0 Å². The normalized spacial score (nSPS) is 22.5. The van der Waals surface area contributed by atoms with Crippen molar-refractivity contribution in [1.29, 1.82) is 0 Å². The third-order valence-electron chi connectivity index (χ3n) is 4.13. The molecule has 19 heavy (non-hydrogen) atoms. The van der Waals surface area contributed by atoms with Crippen molar-refractivity contribution in [2.75, 3.05) is 19.6 Å². The first-order chi connectivity index (χ1) is 9.02. The number of hydrogen-bond acceptors (Lipinski definition) is 3. The molecule has 0 radical (unpaired) electrons. The molecule has 4 nitrogen and oxygen atoms in total. The maximum Gasteiger partial charge on any atom is 0.237 e. The summed E-state index contributed by atoms with van der Waals surface area (Å²) in [4.78, 5) is 14.2. The van der Waals surface area contributed by atoms with Crippen LogP contribution in [0.15, 0.2) is 0 Å². The monoisotopic (exact) mass is 269 g/mol. The highest BCUT2D eigenvalue weighted by Crippen LogP contribution is 2.16. The third kappa shape index (κ3) is 5.91. The van der Waals surface area contributed by atoms with Crippen LogP contribution in [-0.2, 0) is 4.79 Å². The fourth-order valence-corrected chi connectivity index (χ4v) is 2.56. The minimum absolute atomic E-state index is 0.0126. The van der Waals surface area contributed by atoms with Gasteiger partial charge in [-0.2, -0.15) is 0 Å². The van der Waals surface area contributed by atoms with Crippen LogP contribution < -0.4 is 11.1 Å². The average Bonchev–Trinajstić information content (AvgIpc) is 2.39. The van der Waals surface area contributed by atoms with E-state index in [-0.39, 0.29) is 17.9 Å². The number of piperidine rings is 1. The van der Waals surface area contributed by atoms with Crippen molar-refractivity contribution < 1.29 is 4.79 Å². The van der Waals surface area contributed by atoms with Crippen LogP contribution in [0.4, 0.5) is 0 Å². The number of nitrogens with one attached hydrogen (secondary N) is 1. The molecule has 112 valence electrons. The first-order valence-corrected chi connectivity index (χ1v) is 7.79. The summed E-state index contributed by atoms with van der Waals surface area (Å²) in [5.41, 5.74) is 5.79. The molecular formula is C15H31N3O.